The smallest absolute Gasteiger partial charge is 0.318 e. The van der Waals surface area contributed by atoms with Crippen LogP contribution in [-0.2, 0) is 5.75 Å². The Morgan fingerprint density at radius 2 is 1.74 bits per heavy atom. The molecular weight excluding hydrogens is 360 g/mol. The average molecular weight is 380 g/mol. The fraction of sp³-hybridized carbons (Fsp3) is 0.105. The molecule has 1 heterocycles. The number of anilines is 3. The minimum Gasteiger partial charge on any atom is -0.399 e. The molecule has 27 heavy (non-hydrogen) atoms. The van der Waals surface area contributed by atoms with Crippen LogP contribution in [0, 0.1) is 0 Å². The molecule has 0 aliphatic heterocycles. The van der Waals surface area contributed by atoms with Crippen LogP contribution in [0.3, 0.4) is 0 Å². The summed E-state index contributed by atoms with van der Waals surface area (Å²) < 4.78 is 0. The van der Waals surface area contributed by atoms with Crippen LogP contribution in [-0.4, -0.2) is 23.0 Å². The molecule has 0 fully saturated rings. The van der Waals surface area contributed by atoms with Crippen molar-refractivity contribution in [3.05, 3.63) is 60.3 Å². The van der Waals surface area contributed by atoms with Crippen molar-refractivity contribution < 1.29 is 4.79 Å². The fourth-order valence-corrected chi connectivity index (χ4v) is 3.13. The van der Waals surface area contributed by atoms with E-state index in [0.717, 1.165) is 21.8 Å². The van der Waals surface area contributed by atoms with Crippen molar-refractivity contribution in [3.8, 4) is 11.4 Å². The SMILES string of the molecule is CNC(=O)Nc1ccc(-c2nc(N)cc(CSc3ccc(N)cc3)n2)cc1. The monoisotopic (exact) mass is 380 g/mol. The zero-order valence-electron chi connectivity index (χ0n) is 14.8. The molecule has 3 aromatic rings. The molecule has 0 bridgehead atoms. The Labute approximate surface area is 161 Å². The van der Waals surface area contributed by atoms with Crippen molar-refractivity contribution in [1.29, 1.82) is 0 Å². The number of carbonyl (C=O) groups is 1. The number of benzene rings is 2. The maximum absolute atomic E-state index is 11.4. The second-order valence-corrected chi connectivity index (χ2v) is 6.80. The number of nitrogens with two attached hydrogens (primary N) is 2. The lowest BCUT2D eigenvalue weighted by Crippen LogP contribution is -2.24. The number of urea groups is 1. The van der Waals surface area contributed by atoms with E-state index in [9.17, 15) is 4.79 Å². The number of hydrogen-bond acceptors (Lipinski definition) is 6. The van der Waals surface area contributed by atoms with E-state index in [1.807, 2.05) is 36.4 Å². The van der Waals surface area contributed by atoms with Gasteiger partial charge in [0, 0.05) is 40.7 Å². The number of rotatable bonds is 5. The summed E-state index contributed by atoms with van der Waals surface area (Å²) in [5.74, 6) is 1.63. The molecule has 1 aromatic heterocycles. The number of hydrogen-bond donors (Lipinski definition) is 4. The number of amides is 2. The number of aromatic nitrogens is 2. The van der Waals surface area contributed by atoms with Gasteiger partial charge in [0.05, 0.1) is 5.69 Å². The largest absolute Gasteiger partial charge is 0.399 e. The Balaban J connectivity index is 1.74. The van der Waals surface area contributed by atoms with E-state index in [-0.39, 0.29) is 6.03 Å². The Morgan fingerprint density at radius 1 is 1.04 bits per heavy atom. The third-order valence-electron chi connectivity index (χ3n) is 3.69. The summed E-state index contributed by atoms with van der Waals surface area (Å²) in [5, 5.41) is 5.21. The summed E-state index contributed by atoms with van der Waals surface area (Å²) in [5.41, 5.74) is 14.7. The molecule has 2 amide bonds. The standard InChI is InChI=1S/C19H20N6OS/c1-22-19(26)24-14-6-2-12(3-7-14)18-23-15(10-17(21)25-18)11-27-16-8-4-13(20)5-9-16/h2-10H,11,20H2,1H3,(H2,21,23,25)(H2,22,24,26). The predicted molar refractivity (Wildman–Crippen MR) is 110 cm³/mol. The lowest BCUT2D eigenvalue weighted by Gasteiger charge is -2.08. The summed E-state index contributed by atoms with van der Waals surface area (Å²) in [6.45, 7) is 0. The molecule has 3 rings (SSSR count). The molecular formula is C19H20N6OS. The van der Waals surface area contributed by atoms with E-state index in [1.54, 1.807) is 37.0 Å². The molecule has 0 saturated heterocycles. The highest BCUT2D eigenvalue weighted by atomic mass is 32.2. The van der Waals surface area contributed by atoms with Gasteiger partial charge in [-0.3, -0.25) is 0 Å². The van der Waals surface area contributed by atoms with Gasteiger partial charge in [-0.25, -0.2) is 14.8 Å². The molecule has 0 aliphatic carbocycles. The van der Waals surface area contributed by atoms with Crippen LogP contribution in [0.5, 0.6) is 0 Å². The minimum atomic E-state index is -0.273. The topological polar surface area (TPSA) is 119 Å². The molecule has 138 valence electrons. The highest BCUT2D eigenvalue weighted by Crippen LogP contribution is 2.25. The number of nitrogens with one attached hydrogen (secondary N) is 2. The number of nitrogen functional groups attached to an aromatic ring is 2. The van der Waals surface area contributed by atoms with Gasteiger partial charge in [-0.2, -0.15) is 0 Å². The maximum atomic E-state index is 11.4. The van der Waals surface area contributed by atoms with E-state index >= 15 is 0 Å². The Morgan fingerprint density at radius 3 is 2.41 bits per heavy atom. The molecule has 2 aromatic carbocycles. The summed E-state index contributed by atoms with van der Waals surface area (Å²) in [6.07, 6.45) is 0. The lowest BCUT2D eigenvalue weighted by atomic mass is 10.2. The van der Waals surface area contributed by atoms with Gasteiger partial charge in [0.2, 0.25) is 0 Å². The molecule has 0 spiro atoms. The van der Waals surface area contributed by atoms with Gasteiger partial charge in [0.1, 0.15) is 5.82 Å². The first kappa shape index (κ1) is 18.5. The maximum Gasteiger partial charge on any atom is 0.318 e. The van der Waals surface area contributed by atoms with Gasteiger partial charge in [-0.05, 0) is 48.5 Å². The van der Waals surface area contributed by atoms with Gasteiger partial charge in [-0.1, -0.05) is 0 Å². The van der Waals surface area contributed by atoms with Crippen molar-refractivity contribution in [2.45, 2.75) is 10.6 Å². The van der Waals surface area contributed by atoms with E-state index in [2.05, 4.69) is 20.6 Å². The molecule has 0 atom stereocenters. The molecule has 8 heteroatoms. The average Bonchev–Trinajstić information content (AvgIpc) is 2.67. The lowest BCUT2D eigenvalue weighted by molar-refractivity contribution is 0.254. The number of nitrogens with zero attached hydrogens (tertiary/aromatic N) is 2. The highest BCUT2D eigenvalue weighted by molar-refractivity contribution is 7.98. The van der Waals surface area contributed by atoms with Gasteiger partial charge >= 0.3 is 6.03 Å². The first-order chi connectivity index (χ1) is 13.0. The van der Waals surface area contributed by atoms with E-state index in [4.69, 9.17) is 11.5 Å². The van der Waals surface area contributed by atoms with Crippen molar-refractivity contribution in [2.24, 2.45) is 0 Å². The van der Waals surface area contributed by atoms with Crippen LogP contribution in [0.4, 0.5) is 22.0 Å². The number of carbonyl (C=O) groups excluding carboxylic acids is 1. The van der Waals surface area contributed by atoms with E-state index < -0.39 is 0 Å². The van der Waals surface area contributed by atoms with Crippen LogP contribution < -0.4 is 22.1 Å². The second-order valence-electron chi connectivity index (χ2n) is 5.75. The van der Waals surface area contributed by atoms with Gasteiger partial charge in [0.15, 0.2) is 5.82 Å². The Kier molecular flexibility index (Phi) is 5.77. The Bertz CT molecular complexity index is 928. The van der Waals surface area contributed by atoms with Gasteiger partial charge in [-0.15, -0.1) is 11.8 Å². The van der Waals surface area contributed by atoms with E-state index in [0.29, 0.717) is 23.1 Å². The van der Waals surface area contributed by atoms with Crippen LogP contribution >= 0.6 is 11.8 Å². The van der Waals surface area contributed by atoms with Crippen molar-refractivity contribution in [2.75, 3.05) is 23.8 Å². The van der Waals surface area contributed by atoms with Gasteiger partial charge in [0.25, 0.3) is 0 Å². The van der Waals surface area contributed by atoms with Crippen molar-refractivity contribution in [3.63, 3.8) is 0 Å². The fourth-order valence-electron chi connectivity index (χ4n) is 2.34. The van der Waals surface area contributed by atoms with Gasteiger partial charge < -0.3 is 22.1 Å². The van der Waals surface area contributed by atoms with Crippen LogP contribution in [0.15, 0.2) is 59.5 Å². The van der Waals surface area contributed by atoms with Crippen LogP contribution in [0.2, 0.25) is 0 Å². The third kappa shape index (κ3) is 5.11. The highest BCUT2D eigenvalue weighted by Gasteiger charge is 2.07. The van der Waals surface area contributed by atoms with Crippen molar-refractivity contribution in [1.82, 2.24) is 15.3 Å². The third-order valence-corrected chi connectivity index (χ3v) is 4.74. The molecule has 6 N–H and O–H groups in total. The number of thioether (sulfide) groups is 1. The predicted octanol–water partition coefficient (Wildman–Crippen LogP) is 3.35. The van der Waals surface area contributed by atoms with Crippen molar-refractivity contribution >= 4 is 35.0 Å². The zero-order chi connectivity index (χ0) is 19.2. The molecule has 7 nitrogen and oxygen atoms in total. The zero-order valence-corrected chi connectivity index (χ0v) is 15.6. The normalized spacial score (nSPS) is 10.4. The van der Waals surface area contributed by atoms with E-state index in [1.165, 1.54) is 0 Å². The molecule has 0 radical (unpaired) electrons. The second kappa shape index (κ2) is 8.41. The molecule has 0 saturated carbocycles. The summed E-state index contributed by atoms with van der Waals surface area (Å²) in [7, 11) is 1.56. The summed E-state index contributed by atoms with van der Waals surface area (Å²) >= 11 is 1.65. The molecule has 0 unspecified atom stereocenters. The molecule has 0 aliphatic rings. The first-order valence-corrected chi connectivity index (χ1v) is 9.23. The Hall–Kier alpha value is -3.26. The van der Waals surface area contributed by atoms with Crippen LogP contribution in [0.1, 0.15) is 5.69 Å². The quantitative estimate of drug-likeness (QED) is 0.398. The summed E-state index contributed by atoms with van der Waals surface area (Å²) in [6, 6.07) is 16.5. The minimum absolute atomic E-state index is 0.273. The first-order valence-electron chi connectivity index (χ1n) is 8.24. The van der Waals surface area contributed by atoms with Crippen LogP contribution in [0.25, 0.3) is 11.4 Å². The summed E-state index contributed by atoms with van der Waals surface area (Å²) in [4.78, 5) is 21.4.